The minimum Gasteiger partial charge on any atom is -0.391 e. The zero-order valence-electron chi connectivity index (χ0n) is 13.4. The lowest BCUT2D eigenvalue weighted by Crippen LogP contribution is -2.36. The summed E-state index contributed by atoms with van der Waals surface area (Å²) < 4.78 is 13.1. The van der Waals surface area contributed by atoms with Crippen LogP contribution in [-0.2, 0) is 4.79 Å². The summed E-state index contributed by atoms with van der Waals surface area (Å²) in [6, 6.07) is 10.9. The van der Waals surface area contributed by atoms with Crippen molar-refractivity contribution in [3.8, 4) is 6.07 Å². The number of likely N-dealkylation sites (tertiary alicyclic amines) is 1. The number of aromatic nitrogens is 1. The van der Waals surface area contributed by atoms with Crippen molar-refractivity contribution in [2.24, 2.45) is 0 Å². The van der Waals surface area contributed by atoms with Crippen molar-refractivity contribution < 1.29 is 14.3 Å². The van der Waals surface area contributed by atoms with Gasteiger partial charge in [0.05, 0.1) is 24.3 Å². The number of β-amino-alcohol motifs (C(OH)–C–C–N with tert-alkyl or cyclic N) is 1. The normalized spacial score (nSPS) is 19.5. The van der Waals surface area contributed by atoms with Crippen LogP contribution in [0.5, 0.6) is 0 Å². The molecule has 1 aromatic carbocycles. The Hall–Kier alpha value is -2.98. The van der Waals surface area contributed by atoms with E-state index in [1.54, 1.807) is 29.2 Å². The van der Waals surface area contributed by atoms with Gasteiger partial charge in [0.15, 0.2) is 0 Å². The van der Waals surface area contributed by atoms with Gasteiger partial charge in [-0.25, -0.2) is 9.37 Å². The fraction of sp³-hybridized carbons (Fsp3) is 0.278. The topological polar surface area (TPSA) is 89.2 Å². The molecule has 1 saturated heterocycles. The molecule has 0 spiro atoms. The van der Waals surface area contributed by atoms with Crippen molar-refractivity contribution in [1.82, 2.24) is 9.88 Å². The van der Waals surface area contributed by atoms with Crippen molar-refractivity contribution in [3.63, 3.8) is 0 Å². The third-order valence-electron chi connectivity index (χ3n) is 4.17. The van der Waals surface area contributed by atoms with Gasteiger partial charge in [-0.2, -0.15) is 5.26 Å². The van der Waals surface area contributed by atoms with Crippen molar-refractivity contribution >= 4 is 11.7 Å². The number of carbonyl (C=O) groups excluding carboxylic acids is 1. The molecule has 1 aliphatic rings. The second kappa shape index (κ2) is 7.28. The highest BCUT2D eigenvalue weighted by molar-refractivity contribution is 5.81. The average molecular weight is 340 g/mol. The summed E-state index contributed by atoms with van der Waals surface area (Å²) in [7, 11) is 0. The largest absolute Gasteiger partial charge is 0.391 e. The van der Waals surface area contributed by atoms with E-state index < -0.39 is 6.10 Å². The highest BCUT2D eigenvalue weighted by Crippen LogP contribution is 2.32. The Morgan fingerprint density at radius 2 is 2.12 bits per heavy atom. The van der Waals surface area contributed by atoms with Crippen LogP contribution in [0.4, 0.5) is 10.2 Å². The lowest BCUT2D eigenvalue weighted by molar-refractivity contribution is -0.130. The third kappa shape index (κ3) is 3.92. The van der Waals surface area contributed by atoms with Gasteiger partial charge in [0.25, 0.3) is 0 Å². The third-order valence-corrected chi connectivity index (χ3v) is 4.17. The Bertz CT molecular complexity index is 786. The Labute approximate surface area is 144 Å². The van der Waals surface area contributed by atoms with Crippen LogP contribution in [0.1, 0.15) is 23.6 Å². The van der Waals surface area contributed by atoms with Crippen LogP contribution in [-0.4, -0.2) is 40.1 Å². The first-order valence-electron chi connectivity index (χ1n) is 7.90. The monoisotopic (exact) mass is 340 g/mol. The summed E-state index contributed by atoms with van der Waals surface area (Å²) in [5.41, 5.74) is 1.23. The molecule has 6 nitrogen and oxygen atoms in total. The Morgan fingerprint density at radius 3 is 2.76 bits per heavy atom. The van der Waals surface area contributed by atoms with Gasteiger partial charge in [-0.1, -0.05) is 12.1 Å². The number of aliphatic hydroxyl groups is 1. The maximum absolute atomic E-state index is 13.1. The average Bonchev–Trinajstić information content (AvgIpc) is 3.02. The summed E-state index contributed by atoms with van der Waals surface area (Å²) in [6.07, 6.45) is 1.24. The van der Waals surface area contributed by atoms with Crippen LogP contribution < -0.4 is 5.32 Å². The molecule has 2 N–H and O–H groups in total. The van der Waals surface area contributed by atoms with Gasteiger partial charge >= 0.3 is 0 Å². The summed E-state index contributed by atoms with van der Waals surface area (Å²) in [4.78, 5) is 18.2. The van der Waals surface area contributed by atoms with E-state index in [4.69, 9.17) is 5.26 Å². The molecule has 1 fully saturated rings. The second-order valence-corrected chi connectivity index (χ2v) is 5.90. The molecule has 2 atom stereocenters. The van der Waals surface area contributed by atoms with E-state index in [0.29, 0.717) is 17.8 Å². The number of rotatable bonds is 4. The fourth-order valence-corrected chi connectivity index (χ4v) is 2.92. The van der Waals surface area contributed by atoms with Crippen LogP contribution in [0.15, 0.2) is 42.6 Å². The molecule has 3 rings (SSSR count). The zero-order valence-corrected chi connectivity index (χ0v) is 13.4. The molecular weight excluding hydrogens is 323 g/mol. The Balaban J connectivity index is 1.66. The maximum Gasteiger partial charge on any atom is 0.242 e. The summed E-state index contributed by atoms with van der Waals surface area (Å²) in [5.74, 6) is -0.0313. The minimum absolute atomic E-state index is 0.0172. The molecule has 2 heterocycles. The summed E-state index contributed by atoms with van der Waals surface area (Å²) in [5, 5.41) is 21.6. The number of carbonyl (C=O) groups is 1. The molecule has 0 aliphatic carbocycles. The van der Waals surface area contributed by atoms with Crippen molar-refractivity contribution in [2.75, 3.05) is 18.4 Å². The van der Waals surface area contributed by atoms with Gasteiger partial charge in [-0.05, 0) is 36.2 Å². The zero-order chi connectivity index (χ0) is 17.8. The van der Waals surface area contributed by atoms with E-state index >= 15 is 0 Å². The number of nitriles is 1. The van der Waals surface area contributed by atoms with E-state index in [1.807, 2.05) is 6.07 Å². The highest BCUT2D eigenvalue weighted by atomic mass is 19.1. The number of halogens is 1. The van der Waals surface area contributed by atoms with E-state index in [0.717, 1.165) is 5.56 Å². The number of hydrogen-bond donors (Lipinski definition) is 2. The smallest absolute Gasteiger partial charge is 0.242 e. The van der Waals surface area contributed by atoms with Gasteiger partial charge in [0.2, 0.25) is 5.91 Å². The standard InChI is InChI=1S/C18H17FN4O2/c19-14-4-2-13(3-5-14)16-7-15(24)11-23(16)18(25)10-22-17-6-1-12(8-20)9-21-17/h1-6,9,15-16,24H,7,10-11H2,(H,21,22)/t15-,16+/m1/s1. The van der Waals surface area contributed by atoms with Crippen molar-refractivity contribution in [1.29, 1.82) is 5.26 Å². The number of amides is 1. The first kappa shape index (κ1) is 16.9. The number of hydrogen-bond acceptors (Lipinski definition) is 5. The van der Waals surface area contributed by atoms with Crippen LogP contribution in [0, 0.1) is 17.1 Å². The lowest BCUT2D eigenvalue weighted by Gasteiger charge is -2.25. The van der Waals surface area contributed by atoms with Crippen LogP contribution in [0.3, 0.4) is 0 Å². The summed E-state index contributed by atoms with van der Waals surface area (Å²) in [6.45, 7) is 0.257. The molecule has 0 bridgehead atoms. The van der Waals surface area contributed by atoms with Crippen LogP contribution in [0.25, 0.3) is 0 Å². The number of nitrogens with zero attached hydrogens (tertiary/aromatic N) is 3. The molecule has 1 aliphatic heterocycles. The number of pyridine rings is 1. The molecule has 1 amide bonds. The SMILES string of the molecule is N#Cc1ccc(NCC(=O)N2C[C@H](O)C[C@H]2c2ccc(F)cc2)nc1. The van der Waals surface area contributed by atoms with Gasteiger partial charge < -0.3 is 15.3 Å². The van der Waals surface area contributed by atoms with Crippen molar-refractivity contribution in [2.45, 2.75) is 18.6 Å². The minimum atomic E-state index is -0.605. The Morgan fingerprint density at radius 1 is 1.36 bits per heavy atom. The van der Waals surface area contributed by atoms with Gasteiger partial charge in [0, 0.05) is 12.7 Å². The first-order chi connectivity index (χ1) is 12.1. The number of nitrogens with one attached hydrogen (secondary N) is 1. The van der Waals surface area contributed by atoms with Crippen LogP contribution >= 0.6 is 0 Å². The van der Waals surface area contributed by atoms with Gasteiger partial charge in [0.1, 0.15) is 17.7 Å². The van der Waals surface area contributed by atoms with E-state index in [9.17, 15) is 14.3 Å². The van der Waals surface area contributed by atoms with E-state index in [2.05, 4.69) is 10.3 Å². The molecular formula is C18H17FN4O2. The molecule has 2 aromatic rings. The van der Waals surface area contributed by atoms with Gasteiger partial charge in [-0.3, -0.25) is 4.79 Å². The molecule has 25 heavy (non-hydrogen) atoms. The number of anilines is 1. The molecule has 7 heteroatoms. The molecule has 0 unspecified atom stereocenters. The first-order valence-corrected chi connectivity index (χ1v) is 7.90. The Kier molecular flexibility index (Phi) is 4.91. The number of aliphatic hydroxyl groups excluding tert-OH is 1. The quantitative estimate of drug-likeness (QED) is 0.886. The second-order valence-electron chi connectivity index (χ2n) is 5.90. The number of benzene rings is 1. The van der Waals surface area contributed by atoms with E-state index in [1.165, 1.54) is 18.3 Å². The molecule has 1 aromatic heterocycles. The highest BCUT2D eigenvalue weighted by Gasteiger charge is 2.35. The van der Waals surface area contributed by atoms with Crippen LogP contribution in [0.2, 0.25) is 0 Å². The van der Waals surface area contributed by atoms with Crippen molar-refractivity contribution in [3.05, 3.63) is 59.5 Å². The summed E-state index contributed by atoms with van der Waals surface area (Å²) >= 11 is 0. The van der Waals surface area contributed by atoms with E-state index in [-0.39, 0.29) is 30.9 Å². The molecule has 0 saturated carbocycles. The molecule has 128 valence electrons. The lowest BCUT2D eigenvalue weighted by atomic mass is 10.0. The fourth-order valence-electron chi connectivity index (χ4n) is 2.92. The molecule has 0 radical (unpaired) electrons. The predicted molar refractivity (Wildman–Crippen MR) is 88.9 cm³/mol. The maximum atomic E-state index is 13.1. The predicted octanol–water partition coefficient (Wildman–Crippen LogP) is 1.84. The van der Waals surface area contributed by atoms with Gasteiger partial charge in [-0.15, -0.1) is 0 Å².